The molecule has 0 aliphatic rings. The maximum Gasteiger partial charge on any atom is 0.323 e. The van der Waals surface area contributed by atoms with Crippen molar-refractivity contribution in [3.05, 3.63) is 46.5 Å². The highest BCUT2D eigenvalue weighted by Gasteiger charge is 2.27. The lowest BCUT2D eigenvalue weighted by Crippen LogP contribution is -2.41. The molecule has 2 aromatic carbocycles. The van der Waals surface area contributed by atoms with Crippen molar-refractivity contribution in [3.8, 4) is 0 Å². The van der Waals surface area contributed by atoms with E-state index < -0.39 is 27.0 Å². The second kappa shape index (κ2) is 6.93. The van der Waals surface area contributed by atoms with E-state index in [9.17, 15) is 23.3 Å². The second-order valence-corrected chi connectivity index (χ2v) is 6.67. The molecule has 1 N–H and O–H groups in total. The fraction of sp³-hybridized carbons (Fsp3) is 0.267. The van der Waals surface area contributed by atoms with Gasteiger partial charge in [-0.15, -0.1) is 0 Å². The number of methoxy groups -OCH3 is 1. The smallest absolute Gasteiger partial charge is 0.323 e. The molecule has 2 rings (SSSR count). The van der Waals surface area contributed by atoms with Crippen LogP contribution < -0.4 is 4.72 Å². The number of nitrogens with one attached hydrogen (secondary N) is 1. The minimum Gasteiger partial charge on any atom is -0.468 e. The Morgan fingerprint density at radius 2 is 1.88 bits per heavy atom. The van der Waals surface area contributed by atoms with Crippen LogP contribution in [-0.4, -0.2) is 32.5 Å². The highest BCUT2D eigenvalue weighted by Crippen LogP contribution is 2.30. The summed E-state index contributed by atoms with van der Waals surface area (Å²) in [4.78, 5) is 22.0. The molecule has 24 heavy (non-hydrogen) atoms. The number of nitro groups is 1. The Morgan fingerprint density at radius 1 is 1.25 bits per heavy atom. The molecule has 0 amide bonds. The summed E-state index contributed by atoms with van der Waals surface area (Å²) in [6, 6.07) is 7.39. The molecule has 1 unspecified atom stereocenters. The summed E-state index contributed by atoms with van der Waals surface area (Å²) in [6.07, 6.45) is 0.205. The van der Waals surface area contributed by atoms with Crippen LogP contribution in [0.3, 0.4) is 0 Å². The number of rotatable bonds is 6. The molecule has 0 aliphatic carbocycles. The summed E-state index contributed by atoms with van der Waals surface area (Å²) in [5.41, 5.74) is -0.190. The Balaban J connectivity index is 2.57. The van der Waals surface area contributed by atoms with Gasteiger partial charge in [0.25, 0.3) is 5.69 Å². The standard InChI is InChI=1S/C15H16N2O6S/c1-3-12(15(18)23-2)16-24(21,22)14-9-5-6-10-11(14)7-4-8-13(10)17(19)20/h4-9,12,16H,3H2,1-2H3. The summed E-state index contributed by atoms with van der Waals surface area (Å²) in [5, 5.41) is 11.5. The van der Waals surface area contributed by atoms with Gasteiger partial charge in [-0.2, -0.15) is 4.72 Å². The van der Waals surface area contributed by atoms with E-state index in [1.165, 1.54) is 43.5 Å². The van der Waals surface area contributed by atoms with Crippen molar-refractivity contribution in [3.63, 3.8) is 0 Å². The van der Waals surface area contributed by atoms with Crippen molar-refractivity contribution in [2.75, 3.05) is 7.11 Å². The molecule has 1 atom stereocenters. The zero-order valence-electron chi connectivity index (χ0n) is 13.1. The van der Waals surface area contributed by atoms with Gasteiger partial charge in [-0.05, 0) is 18.6 Å². The third kappa shape index (κ3) is 3.36. The van der Waals surface area contributed by atoms with E-state index in [1.807, 2.05) is 0 Å². The number of benzene rings is 2. The number of non-ortho nitro benzene ring substituents is 1. The third-order valence-electron chi connectivity index (χ3n) is 3.54. The van der Waals surface area contributed by atoms with Crippen LogP contribution in [0.4, 0.5) is 5.69 Å². The van der Waals surface area contributed by atoms with Gasteiger partial charge in [0.2, 0.25) is 10.0 Å². The Morgan fingerprint density at radius 3 is 2.46 bits per heavy atom. The number of hydrogen-bond donors (Lipinski definition) is 1. The zero-order valence-corrected chi connectivity index (χ0v) is 13.9. The van der Waals surface area contributed by atoms with E-state index in [1.54, 1.807) is 6.92 Å². The predicted molar refractivity (Wildman–Crippen MR) is 87.0 cm³/mol. The monoisotopic (exact) mass is 352 g/mol. The van der Waals surface area contributed by atoms with Gasteiger partial charge in [0.1, 0.15) is 6.04 Å². The lowest BCUT2D eigenvalue weighted by Gasteiger charge is -2.15. The molecule has 8 nitrogen and oxygen atoms in total. The van der Waals surface area contributed by atoms with Crippen LogP contribution in [0.1, 0.15) is 13.3 Å². The molecule has 0 saturated heterocycles. The Hall–Kier alpha value is -2.52. The number of nitro benzene ring substituents is 1. The van der Waals surface area contributed by atoms with Gasteiger partial charge in [0, 0.05) is 11.5 Å². The number of fused-ring (bicyclic) bond motifs is 1. The van der Waals surface area contributed by atoms with Gasteiger partial charge in [-0.25, -0.2) is 8.42 Å². The molecule has 0 aromatic heterocycles. The maximum atomic E-state index is 12.6. The number of esters is 1. The van der Waals surface area contributed by atoms with Crippen molar-refractivity contribution in [1.82, 2.24) is 4.72 Å². The minimum atomic E-state index is -4.07. The van der Waals surface area contributed by atoms with Gasteiger partial charge in [0.15, 0.2) is 0 Å². The Bertz CT molecular complexity index is 894. The average molecular weight is 352 g/mol. The summed E-state index contributed by atoms with van der Waals surface area (Å²) in [5.74, 6) is -0.702. The number of sulfonamides is 1. The summed E-state index contributed by atoms with van der Waals surface area (Å²) < 4.78 is 32.1. The molecule has 0 aliphatic heterocycles. The van der Waals surface area contributed by atoms with Crippen molar-refractivity contribution in [2.45, 2.75) is 24.3 Å². The lowest BCUT2D eigenvalue weighted by atomic mass is 10.1. The number of ether oxygens (including phenoxy) is 1. The van der Waals surface area contributed by atoms with Crippen LogP contribution in [0, 0.1) is 10.1 Å². The van der Waals surface area contributed by atoms with Gasteiger partial charge >= 0.3 is 5.97 Å². The van der Waals surface area contributed by atoms with Crippen molar-refractivity contribution < 1.29 is 22.9 Å². The SMILES string of the molecule is CCC(NS(=O)(=O)c1cccc2c([N+](=O)[O-])cccc12)C(=O)OC. The van der Waals surface area contributed by atoms with E-state index in [4.69, 9.17) is 0 Å². The summed E-state index contributed by atoms with van der Waals surface area (Å²) in [6.45, 7) is 1.64. The van der Waals surface area contributed by atoms with E-state index in [0.717, 1.165) is 0 Å². The fourth-order valence-corrected chi connectivity index (χ4v) is 3.84. The molecule has 0 fully saturated rings. The van der Waals surface area contributed by atoms with Crippen molar-refractivity contribution in [1.29, 1.82) is 0 Å². The topological polar surface area (TPSA) is 116 Å². The lowest BCUT2D eigenvalue weighted by molar-refractivity contribution is -0.383. The van der Waals surface area contributed by atoms with E-state index in [-0.39, 0.29) is 27.8 Å². The van der Waals surface area contributed by atoms with Gasteiger partial charge in [-0.1, -0.05) is 25.1 Å². The second-order valence-electron chi connectivity index (χ2n) is 4.99. The minimum absolute atomic E-state index is 0.133. The first-order valence-electron chi connectivity index (χ1n) is 7.08. The molecule has 0 radical (unpaired) electrons. The fourth-order valence-electron chi connectivity index (χ4n) is 2.35. The van der Waals surface area contributed by atoms with E-state index in [0.29, 0.717) is 0 Å². The van der Waals surface area contributed by atoms with Crippen LogP contribution in [0.15, 0.2) is 41.3 Å². The number of carbonyl (C=O) groups is 1. The Kier molecular flexibility index (Phi) is 5.15. The maximum absolute atomic E-state index is 12.6. The highest BCUT2D eigenvalue weighted by molar-refractivity contribution is 7.89. The largest absolute Gasteiger partial charge is 0.468 e. The molecule has 0 heterocycles. The molecular weight excluding hydrogens is 336 g/mol. The van der Waals surface area contributed by atoms with Crippen molar-refractivity contribution >= 4 is 32.5 Å². The zero-order chi connectivity index (χ0) is 17.9. The molecule has 128 valence electrons. The van der Waals surface area contributed by atoms with Crippen LogP contribution >= 0.6 is 0 Å². The summed E-state index contributed by atoms with van der Waals surface area (Å²) in [7, 11) is -2.90. The first kappa shape index (κ1) is 17.8. The molecule has 2 aromatic rings. The number of hydrogen-bond acceptors (Lipinski definition) is 6. The molecule has 0 spiro atoms. The molecular formula is C15H16N2O6S. The van der Waals surface area contributed by atoms with E-state index in [2.05, 4.69) is 9.46 Å². The predicted octanol–water partition coefficient (Wildman–Crippen LogP) is 1.98. The van der Waals surface area contributed by atoms with Crippen LogP contribution in [0.25, 0.3) is 10.8 Å². The van der Waals surface area contributed by atoms with Crippen LogP contribution in [-0.2, 0) is 19.6 Å². The van der Waals surface area contributed by atoms with Crippen LogP contribution in [0.2, 0.25) is 0 Å². The molecule has 0 bridgehead atoms. The van der Waals surface area contributed by atoms with Gasteiger partial charge < -0.3 is 4.74 Å². The third-order valence-corrected chi connectivity index (χ3v) is 5.07. The Labute approximate surface area is 138 Å². The van der Waals surface area contributed by atoms with Crippen LogP contribution in [0.5, 0.6) is 0 Å². The first-order chi connectivity index (χ1) is 11.3. The average Bonchev–Trinajstić information content (AvgIpc) is 2.57. The van der Waals surface area contributed by atoms with Gasteiger partial charge in [0.05, 0.1) is 22.3 Å². The molecule has 9 heteroatoms. The number of nitrogens with zero attached hydrogens (tertiary/aromatic N) is 1. The summed E-state index contributed by atoms with van der Waals surface area (Å²) >= 11 is 0. The highest BCUT2D eigenvalue weighted by atomic mass is 32.2. The van der Waals surface area contributed by atoms with Crippen molar-refractivity contribution in [2.24, 2.45) is 0 Å². The quantitative estimate of drug-likeness (QED) is 0.483. The first-order valence-corrected chi connectivity index (χ1v) is 8.56. The number of carbonyl (C=O) groups excluding carboxylic acids is 1. The molecule has 0 saturated carbocycles. The normalized spacial score (nSPS) is 12.8. The van der Waals surface area contributed by atoms with Gasteiger partial charge in [-0.3, -0.25) is 14.9 Å². The van der Waals surface area contributed by atoms with E-state index >= 15 is 0 Å².